The number of carbonyl (C=O) groups is 1. The summed E-state index contributed by atoms with van der Waals surface area (Å²) in [6.07, 6.45) is 2.73. The van der Waals surface area contributed by atoms with Gasteiger partial charge in [0.1, 0.15) is 5.60 Å². The Hall–Kier alpha value is -1.55. The Labute approximate surface area is 120 Å². The fourth-order valence-corrected chi connectivity index (χ4v) is 2.59. The van der Waals surface area contributed by atoms with Crippen LogP contribution in [0.5, 0.6) is 0 Å². The van der Waals surface area contributed by atoms with Crippen molar-refractivity contribution >= 4 is 6.09 Å². The number of hydrogen-bond acceptors (Lipinski definition) is 3. The van der Waals surface area contributed by atoms with Crippen molar-refractivity contribution in [2.24, 2.45) is 5.73 Å². The number of hydrogen-bond donors (Lipinski definition) is 2. The second-order valence-corrected chi connectivity index (χ2v) is 6.33. The Morgan fingerprint density at radius 2 is 2.20 bits per heavy atom. The molecule has 1 aliphatic rings. The number of nitrogens with two attached hydrogens (primary N) is 1. The minimum Gasteiger partial charge on any atom is -0.444 e. The smallest absolute Gasteiger partial charge is 0.408 e. The number of amides is 1. The highest BCUT2D eigenvalue weighted by molar-refractivity contribution is 5.68. The van der Waals surface area contributed by atoms with Crippen molar-refractivity contribution in [1.82, 2.24) is 5.32 Å². The lowest BCUT2D eigenvalue weighted by atomic mass is 9.86. The van der Waals surface area contributed by atoms with Crippen molar-refractivity contribution < 1.29 is 9.53 Å². The monoisotopic (exact) mass is 276 g/mol. The van der Waals surface area contributed by atoms with Crippen LogP contribution in [-0.4, -0.2) is 11.7 Å². The molecule has 3 N–H and O–H groups in total. The van der Waals surface area contributed by atoms with Gasteiger partial charge in [-0.3, -0.25) is 0 Å². The zero-order valence-corrected chi connectivity index (χ0v) is 12.5. The van der Waals surface area contributed by atoms with E-state index in [1.165, 1.54) is 11.1 Å². The predicted octanol–water partition coefficient (Wildman–Crippen LogP) is 3.05. The van der Waals surface area contributed by atoms with Gasteiger partial charge < -0.3 is 15.8 Å². The average molecular weight is 276 g/mol. The highest BCUT2D eigenvalue weighted by atomic mass is 16.6. The molecule has 1 unspecified atom stereocenters. The molecule has 0 aliphatic heterocycles. The van der Waals surface area contributed by atoms with Crippen LogP contribution in [0.2, 0.25) is 0 Å². The third-order valence-electron chi connectivity index (χ3n) is 3.45. The molecule has 0 saturated heterocycles. The largest absolute Gasteiger partial charge is 0.444 e. The zero-order chi connectivity index (χ0) is 14.8. The summed E-state index contributed by atoms with van der Waals surface area (Å²) in [5.41, 5.74) is 8.84. The van der Waals surface area contributed by atoms with E-state index in [4.69, 9.17) is 10.5 Å². The molecule has 4 nitrogen and oxygen atoms in total. The molecule has 0 bridgehead atoms. The Kier molecular flexibility index (Phi) is 4.33. The molecule has 0 spiro atoms. The van der Waals surface area contributed by atoms with E-state index in [0.717, 1.165) is 24.8 Å². The first kappa shape index (κ1) is 14.9. The first-order valence-corrected chi connectivity index (χ1v) is 7.20. The van der Waals surface area contributed by atoms with E-state index >= 15 is 0 Å². The minimum atomic E-state index is -0.467. The maximum absolute atomic E-state index is 11.9. The molecule has 0 saturated carbocycles. The van der Waals surface area contributed by atoms with Crippen LogP contribution in [0.4, 0.5) is 4.79 Å². The number of rotatable bonds is 2. The second kappa shape index (κ2) is 5.83. The van der Waals surface area contributed by atoms with Gasteiger partial charge in [-0.15, -0.1) is 0 Å². The maximum atomic E-state index is 11.9. The molecule has 0 heterocycles. The topological polar surface area (TPSA) is 64.3 Å². The summed E-state index contributed by atoms with van der Waals surface area (Å²) < 4.78 is 5.33. The quantitative estimate of drug-likeness (QED) is 0.872. The van der Waals surface area contributed by atoms with Gasteiger partial charge >= 0.3 is 6.09 Å². The highest BCUT2D eigenvalue weighted by Gasteiger charge is 2.24. The second-order valence-electron chi connectivity index (χ2n) is 6.33. The molecule has 20 heavy (non-hydrogen) atoms. The van der Waals surface area contributed by atoms with Crippen molar-refractivity contribution in [1.29, 1.82) is 0 Å². The summed E-state index contributed by atoms with van der Waals surface area (Å²) in [4.78, 5) is 11.9. The van der Waals surface area contributed by atoms with Crippen LogP contribution in [0.1, 0.15) is 56.3 Å². The van der Waals surface area contributed by atoms with Crippen LogP contribution in [0.15, 0.2) is 18.2 Å². The van der Waals surface area contributed by atoms with Gasteiger partial charge in [-0.25, -0.2) is 4.79 Å². The van der Waals surface area contributed by atoms with Gasteiger partial charge in [0, 0.05) is 6.54 Å². The molecule has 0 aromatic heterocycles. The predicted molar refractivity (Wildman–Crippen MR) is 79.4 cm³/mol. The van der Waals surface area contributed by atoms with Crippen molar-refractivity contribution in [3.8, 4) is 0 Å². The van der Waals surface area contributed by atoms with Gasteiger partial charge in [-0.1, -0.05) is 18.2 Å². The van der Waals surface area contributed by atoms with Crippen LogP contribution in [0.3, 0.4) is 0 Å². The number of alkyl carbamates (subject to hydrolysis) is 1. The summed E-state index contributed by atoms with van der Waals surface area (Å²) in [5.74, 6) is 0. The molecule has 0 radical (unpaired) electrons. The molecule has 1 aliphatic carbocycles. The van der Waals surface area contributed by atoms with Crippen molar-refractivity contribution in [2.45, 2.75) is 58.2 Å². The normalized spacial score (nSPS) is 18.3. The van der Waals surface area contributed by atoms with Gasteiger partial charge in [0.2, 0.25) is 0 Å². The number of fused-ring (bicyclic) bond motifs is 1. The molecule has 110 valence electrons. The van der Waals surface area contributed by atoms with Crippen LogP contribution < -0.4 is 11.1 Å². The Balaban J connectivity index is 2.10. The van der Waals surface area contributed by atoms with Crippen molar-refractivity contribution in [3.63, 3.8) is 0 Å². The summed E-state index contributed by atoms with van der Waals surface area (Å²) in [6.45, 7) is 6.16. The van der Waals surface area contributed by atoms with Crippen LogP contribution in [-0.2, 0) is 17.7 Å². The third-order valence-corrected chi connectivity index (χ3v) is 3.45. The molecular formula is C16H24N2O2. The highest BCUT2D eigenvalue weighted by Crippen LogP contribution is 2.30. The standard InChI is InChI=1S/C16H24N2O2/c1-16(2,3)20-15(19)18-14-6-4-5-12-9-11(10-17)7-8-13(12)14/h7-9,14H,4-6,10,17H2,1-3H3,(H,18,19). The van der Waals surface area contributed by atoms with Gasteiger partial charge in [0.25, 0.3) is 0 Å². The number of ether oxygens (including phenoxy) is 1. The Morgan fingerprint density at radius 3 is 2.85 bits per heavy atom. The first-order chi connectivity index (χ1) is 9.39. The van der Waals surface area contributed by atoms with E-state index in [-0.39, 0.29) is 12.1 Å². The number of nitrogens with one attached hydrogen (secondary N) is 1. The average Bonchev–Trinajstić information content (AvgIpc) is 2.36. The number of carbonyl (C=O) groups excluding carboxylic acids is 1. The summed E-state index contributed by atoms with van der Waals surface area (Å²) in [6, 6.07) is 6.31. The lowest BCUT2D eigenvalue weighted by Crippen LogP contribution is -2.36. The molecule has 0 fully saturated rings. The fourth-order valence-electron chi connectivity index (χ4n) is 2.59. The molecular weight excluding hydrogens is 252 g/mol. The Morgan fingerprint density at radius 1 is 1.45 bits per heavy atom. The van der Waals surface area contributed by atoms with E-state index in [0.29, 0.717) is 6.54 Å². The summed E-state index contributed by atoms with van der Waals surface area (Å²) >= 11 is 0. The van der Waals surface area contributed by atoms with Gasteiger partial charge in [-0.05, 0) is 56.7 Å². The summed E-state index contributed by atoms with van der Waals surface area (Å²) in [7, 11) is 0. The van der Waals surface area contributed by atoms with E-state index in [1.807, 2.05) is 26.8 Å². The van der Waals surface area contributed by atoms with E-state index in [2.05, 4.69) is 17.4 Å². The van der Waals surface area contributed by atoms with Gasteiger partial charge in [0.05, 0.1) is 6.04 Å². The van der Waals surface area contributed by atoms with E-state index < -0.39 is 5.60 Å². The van der Waals surface area contributed by atoms with Gasteiger partial charge in [0.15, 0.2) is 0 Å². The number of benzene rings is 1. The molecule has 1 aromatic rings. The zero-order valence-electron chi connectivity index (χ0n) is 12.5. The minimum absolute atomic E-state index is 0.0421. The lowest BCUT2D eigenvalue weighted by molar-refractivity contribution is 0.0498. The Bertz CT molecular complexity index is 492. The molecule has 2 rings (SSSR count). The lowest BCUT2D eigenvalue weighted by Gasteiger charge is -2.28. The summed E-state index contributed by atoms with van der Waals surface area (Å²) in [5, 5.41) is 2.98. The van der Waals surface area contributed by atoms with Crippen LogP contribution >= 0.6 is 0 Å². The molecule has 1 aromatic carbocycles. The fraction of sp³-hybridized carbons (Fsp3) is 0.562. The first-order valence-electron chi connectivity index (χ1n) is 7.20. The van der Waals surface area contributed by atoms with Crippen molar-refractivity contribution in [3.05, 3.63) is 34.9 Å². The van der Waals surface area contributed by atoms with Crippen LogP contribution in [0.25, 0.3) is 0 Å². The number of aryl methyl sites for hydroxylation is 1. The molecule has 1 atom stereocenters. The molecule has 1 amide bonds. The van der Waals surface area contributed by atoms with Crippen LogP contribution in [0, 0.1) is 0 Å². The molecule has 4 heteroatoms. The van der Waals surface area contributed by atoms with E-state index in [9.17, 15) is 4.79 Å². The maximum Gasteiger partial charge on any atom is 0.408 e. The third kappa shape index (κ3) is 3.73. The SMILES string of the molecule is CC(C)(C)OC(=O)NC1CCCc2cc(CN)ccc21. The van der Waals surface area contributed by atoms with Gasteiger partial charge in [-0.2, -0.15) is 0 Å². The van der Waals surface area contributed by atoms with Crippen molar-refractivity contribution in [2.75, 3.05) is 0 Å². The van der Waals surface area contributed by atoms with E-state index in [1.54, 1.807) is 0 Å².